The van der Waals surface area contributed by atoms with Crippen LogP contribution in [0.1, 0.15) is 26.2 Å². The number of nitrogens with zero attached hydrogens (tertiary/aromatic N) is 2. The Kier molecular flexibility index (Phi) is 6.55. The predicted molar refractivity (Wildman–Crippen MR) is 75.2 cm³/mol. The molecule has 0 aromatic heterocycles. The molecule has 0 spiro atoms. The van der Waals surface area contributed by atoms with E-state index in [9.17, 15) is 8.42 Å². The second kappa shape index (κ2) is 7.43. The third-order valence-corrected chi connectivity index (χ3v) is 5.48. The second-order valence-electron chi connectivity index (χ2n) is 5.20. The molecule has 0 aliphatic carbocycles. The Morgan fingerprint density at radius 1 is 1.28 bits per heavy atom. The van der Waals surface area contributed by atoms with Crippen LogP contribution in [0, 0.1) is 0 Å². The number of sulfonamides is 1. The predicted octanol–water partition coefficient (Wildman–Crippen LogP) is 0.342. The van der Waals surface area contributed by atoms with Crippen LogP contribution in [0.4, 0.5) is 0 Å². The van der Waals surface area contributed by atoms with E-state index in [2.05, 4.69) is 17.3 Å². The second-order valence-corrected chi connectivity index (χ2v) is 7.24. The van der Waals surface area contributed by atoms with E-state index in [0.29, 0.717) is 6.54 Å². The minimum atomic E-state index is -3.08. The summed E-state index contributed by atoms with van der Waals surface area (Å²) in [6.45, 7) is 5.37. The summed E-state index contributed by atoms with van der Waals surface area (Å²) in [5.41, 5.74) is 0. The van der Waals surface area contributed by atoms with Gasteiger partial charge in [-0.2, -0.15) is 4.31 Å². The number of likely N-dealkylation sites (N-methyl/N-ethyl adjacent to an activating group) is 1. The molecular weight excluding hydrogens is 250 g/mol. The molecular formula is C12H27N3O2S. The van der Waals surface area contributed by atoms with Crippen molar-refractivity contribution in [2.45, 2.75) is 32.2 Å². The van der Waals surface area contributed by atoms with Crippen molar-refractivity contribution in [1.29, 1.82) is 0 Å². The molecule has 0 radical (unpaired) electrons. The van der Waals surface area contributed by atoms with Gasteiger partial charge in [-0.25, -0.2) is 8.42 Å². The summed E-state index contributed by atoms with van der Waals surface area (Å²) in [7, 11) is 0.864. The van der Waals surface area contributed by atoms with Crippen molar-refractivity contribution in [1.82, 2.24) is 14.5 Å². The van der Waals surface area contributed by atoms with E-state index in [1.54, 1.807) is 4.31 Å². The van der Waals surface area contributed by atoms with Crippen LogP contribution in [0.3, 0.4) is 0 Å². The first-order chi connectivity index (χ1) is 8.47. The van der Waals surface area contributed by atoms with Gasteiger partial charge in [0.05, 0.1) is 5.75 Å². The summed E-state index contributed by atoms with van der Waals surface area (Å²) in [6.07, 6.45) is 2.58. The Morgan fingerprint density at radius 3 is 2.67 bits per heavy atom. The van der Waals surface area contributed by atoms with Gasteiger partial charge in [-0.15, -0.1) is 0 Å². The van der Waals surface area contributed by atoms with Gasteiger partial charge in [0.15, 0.2) is 0 Å². The third-order valence-electron chi connectivity index (χ3n) is 3.42. The van der Waals surface area contributed by atoms with E-state index in [-0.39, 0.29) is 11.8 Å². The first-order valence-electron chi connectivity index (χ1n) is 6.80. The molecule has 0 amide bonds. The van der Waals surface area contributed by atoms with Gasteiger partial charge >= 0.3 is 0 Å². The summed E-state index contributed by atoms with van der Waals surface area (Å²) in [4.78, 5) is 2.21. The highest BCUT2D eigenvalue weighted by atomic mass is 32.2. The lowest BCUT2D eigenvalue weighted by Crippen LogP contribution is -2.43. The van der Waals surface area contributed by atoms with Crippen molar-refractivity contribution in [3.8, 4) is 0 Å². The van der Waals surface area contributed by atoms with Gasteiger partial charge in [0.2, 0.25) is 10.0 Å². The number of unbranched alkanes of at least 4 members (excludes halogenated alkanes) is 1. The molecule has 5 nitrogen and oxygen atoms in total. The molecule has 1 atom stereocenters. The summed E-state index contributed by atoms with van der Waals surface area (Å²) >= 11 is 0. The van der Waals surface area contributed by atoms with Gasteiger partial charge in [-0.05, 0) is 53.4 Å². The van der Waals surface area contributed by atoms with Crippen molar-refractivity contribution in [3.05, 3.63) is 0 Å². The summed E-state index contributed by atoms with van der Waals surface area (Å²) in [5.74, 6) is 0.280. The molecule has 1 fully saturated rings. The van der Waals surface area contributed by atoms with Crippen molar-refractivity contribution in [2.24, 2.45) is 0 Å². The average molecular weight is 277 g/mol. The molecule has 0 saturated carbocycles. The zero-order chi connectivity index (χ0) is 13.6. The maximum Gasteiger partial charge on any atom is 0.214 e. The number of hydrogen-bond acceptors (Lipinski definition) is 4. The molecule has 0 bridgehead atoms. The maximum atomic E-state index is 12.3. The van der Waals surface area contributed by atoms with E-state index in [0.717, 1.165) is 38.9 Å². The largest absolute Gasteiger partial charge is 0.320 e. The van der Waals surface area contributed by atoms with Crippen LogP contribution in [0.15, 0.2) is 0 Å². The summed E-state index contributed by atoms with van der Waals surface area (Å²) < 4.78 is 26.3. The van der Waals surface area contributed by atoms with Gasteiger partial charge in [-0.3, -0.25) is 0 Å². The molecule has 1 saturated heterocycles. The van der Waals surface area contributed by atoms with Crippen LogP contribution in [0.25, 0.3) is 0 Å². The van der Waals surface area contributed by atoms with Gasteiger partial charge in [0.25, 0.3) is 0 Å². The van der Waals surface area contributed by atoms with Crippen LogP contribution >= 0.6 is 0 Å². The minimum absolute atomic E-state index is 0.0896. The molecule has 1 aliphatic heterocycles. The van der Waals surface area contributed by atoms with Gasteiger partial charge in [0.1, 0.15) is 0 Å². The highest BCUT2D eigenvalue weighted by molar-refractivity contribution is 7.89. The fourth-order valence-electron chi connectivity index (χ4n) is 2.47. The van der Waals surface area contributed by atoms with Crippen LogP contribution in [0.5, 0.6) is 0 Å². The van der Waals surface area contributed by atoms with E-state index in [1.165, 1.54) is 0 Å². The van der Waals surface area contributed by atoms with Crippen LogP contribution in [-0.4, -0.2) is 69.7 Å². The molecule has 1 unspecified atom stereocenters. The molecule has 1 rings (SSSR count). The molecule has 18 heavy (non-hydrogen) atoms. The zero-order valence-electron chi connectivity index (χ0n) is 11.9. The molecule has 0 aromatic carbocycles. The average Bonchev–Trinajstić information content (AvgIpc) is 2.46. The Bertz CT molecular complexity index is 332. The molecule has 0 aromatic rings. The van der Waals surface area contributed by atoms with Crippen LogP contribution < -0.4 is 5.32 Å². The zero-order valence-corrected chi connectivity index (χ0v) is 12.7. The van der Waals surface area contributed by atoms with Crippen molar-refractivity contribution >= 4 is 10.0 Å². The van der Waals surface area contributed by atoms with E-state index >= 15 is 0 Å². The van der Waals surface area contributed by atoms with Crippen LogP contribution in [0.2, 0.25) is 0 Å². The Labute approximate surface area is 112 Å². The number of hydrogen-bond donors (Lipinski definition) is 1. The fourth-order valence-corrected chi connectivity index (χ4v) is 4.29. The Morgan fingerprint density at radius 2 is 2.00 bits per heavy atom. The minimum Gasteiger partial charge on any atom is -0.320 e. The molecule has 1 aliphatic rings. The Balaban J connectivity index is 2.54. The van der Waals surface area contributed by atoms with Crippen molar-refractivity contribution < 1.29 is 8.42 Å². The van der Waals surface area contributed by atoms with E-state index in [4.69, 9.17) is 0 Å². The quantitative estimate of drug-likeness (QED) is 0.712. The lowest BCUT2D eigenvalue weighted by Gasteiger charge is -2.27. The topological polar surface area (TPSA) is 52.7 Å². The molecule has 6 heteroatoms. The smallest absolute Gasteiger partial charge is 0.214 e. The molecule has 1 heterocycles. The third kappa shape index (κ3) is 4.84. The Hall–Kier alpha value is -0.170. The van der Waals surface area contributed by atoms with Gasteiger partial charge < -0.3 is 10.2 Å². The maximum absolute atomic E-state index is 12.3. The van der Waals surface area contributed by atoms with E-state index < -0.39 is 10.0 Å². The SMILES string of the molecule is CNCCCCS(=O)(=O)N1CCCN(C)CC1C. The van der Waals surface area contributed by atoms with Crippen LogP contribution in [-0.2, 0) is 10.0 Å². The highest BCUT2D eigenvalue weighted by Gasteiger charge is 2.29. The van der Waals surface area contributed by atoms with Crippen molar-refractivity contribution in [3.63, 3.8) is 0 Å². The van der Waals surface area contributed by atoms with Crippen molar-refractivity contribution in [2.75, 3.05) is 46.0 Å². The first-order valence-corrected chi connectivity index (χ1v) is 8.41. The standard InChI is InChI=1S/C12H27N3O2S/c1-12-11-14(3)8-6-9-15(12)18(16,17)10-5-4-7-13-2/h12-13H,4-11H2,1-3H3. The fraction of sp³-hybridized carbons (Fsp3) is 1.00. The molecule has 108 valence electrons. The first kappa shape index (κ1) is 15.9. The van der Waals surface area contributed by atoms with Gasteiger partial charge in [0, 0.05) is 19.1 Å². The highest BCUT2D eigenvalue weighted by Crippen LogP contribution is 2.15. The number of nitrogens with one attached hydrogen (secondary N) is 1. The molecule has 1 N–H and O–H groups in total. The monoisotopic (exact) mass is 277 g/mol. The van der Waals surface area contributed by atoms with Gasteiger partial charge in [-0.1, -0.05) is 0 Å². The van der Waals surface area contributed by atoms with E-state index in [1.807, 2.05) is 14.0 Å². The normalized spacial score (nSPS) is 24.1. The lowest BCUT2D eigenvalue weighted by molar-refractivity contribution is 0.290. The summed E-state index contributed by atoms with van der Waals surface area (Å²) in [5, 5.41) is 3.04. The lowest BCUT2D eigenvalue weighted by atomic mass is 10.3. The summed E-state index contributed by atoms with van der Waals surface area (Å²) in [6, 6.07) is 0.0896. The number of rotatable bonds is 6.